The molecular formula is C33H40BIN10O4. The first-order valence-electron chi connectivity index (χ1n) is 15.4. The van der Waals surface area contributed by atoms with Gasteiger partial charge in [0.15, 0.2) is 0 Å². The van der Waals surface area contributed by atoms with Gasteiger partial charge in [0.1, 0.15) is 35.6 Å². The van der Waals surface area contributed by atoms with E-state index in [1.54, 1.807) is 36.9 Å². The van der Waals surface area contributed by atoms with Gasteiger partial charge >= 0.3 is 7.12 Å². The number of aromatic amines is 2. The summed E-state index contributed by atoms with van der Waals surface area (Å²) in [7, 11) is -1.40. The van der Waals surface area contributed by atoms with Gasteiger partial charge in [-0.3, -0.25) is 0 Å². The van der Waals surface area contributed by atoms with Crippen molar-refractivity contribution in [2.24, 2.45) is 0 Å². The maximum Gasteiger partial charge on any atom is 0.488 e. The van der Waals surface area contributed by atoms with Gasteiger partial charge in [-0.1, -0.05) is 31.7 Å². The zero-order chi connectivity index (χ0) is 33.5. The van der Waals surface area contributed by atoms with E-state index in [9.17, 15) is 0 Å². The van der Waals surface area contributed by atoms with Crippen LogP contribution in [0.15, 0.2) is 73.3 Å². The minimum atomic E-state index is -1.40. The van der Waals surface area contributed by atoms with E-state index < -0.39 is 7.12 Å². The van der Waals surface area contributed by atoms with Gasteiger partial charge in [0.25, 0.3) is 0 Å². The largest absolute Gasteiger partial charge is 0.488 e. The standard InChI is InChI=1S/C16H17N5O.C10H11IN4O.C6H8BNO2.CH4/c17-12-3-1-11(2-4-12)14-9-13-15(20-14)18-10-19-16(13)21-5-7-22-8-6-21;11-8-5-7-9(14-8)12-6-13-10(7)15-1-3-16-4-2-15;8-6-3-1-5(2-4-6)7(9)10;/h1-4,9-10H,5-8,17H2,(H,18,19,20);5-6H,1-4H2,(H,12,13,14);1-4,9-10H,8H2;1H4. The smallest absolute Gasteiger partial charge is 0.423 e. The molecule has 0 amide bonds. The van der Waals surface area contributed by atoms with Gasteiger partial charge in [-0.25, -0.2) is 19.9 Å². The van der Waals surface area contributed by atoms with Gasteiger partial charge in [-0.15, -0.1) is 0 Å². The molecule has 0 aliphatic carbocycles. The highest BCUT2D eigenvalue weighted by Crippen LogP contribution is 2.29. The third-order valence-electron chi connectivity index (χ3n) is 7.85. The average molecular weight is 778 g/mol. The average Bonchev–Trinajstić information content (AvgIpc) is 3.73. The monoisotopic (exact) mass is 778 g/mol. The van der Waals surface area contributed by atoms with Crippen LogP contribution in [0.1, 0.15) is 7.43 Å². The second kappa shape index (κ2) is 16.8. The number of nitrogens with one attached hydrogen (secondary N) is 2. The van der Waals surface area contributed by atoms with E-state index in [-0.39, 0.29) is 7.43 Å². The van der Waals surface area contributed by atoms with E-state index >= 15 is 0 Å². The Hall–Kier alpha value is -4.49. The van der Waals surface area contributed by atoms with Gasteiger partial charge in [0, 0.05) is 43.2 Å². The number of halogens is 1. The lowest BCUT2D eigenvalue weighted by Gasteiger charge is -2.27. The van der Waals surface area contributed by atoms with Gasteiger partial charge in [-0.2, -0.15) is 0 Å². The Morgan fingerprint density at radius 3 is 1.65 bits per heavy atom. The Morgan fingerprint density at radius 1 is 0.673 bits per heavy atom. The number of hydrogen-bond acceptors (Lipinski definition) is 12. The molecule has 16 heteroatoms. The Balaban J connectivity index is 0.000000153. The molecule has 6 heterocycles. The molecule has 14 nitrogen and oxygen atoms in total. The topological polar surface area (TPSA) is 201 Å². The summed E-state index contributed by atoms with van der Waals surface area (Å²) in [5, 5.41) is 19.4. The van der Waals surface area contributed by atoms with E-state index in [2.05, 4.69) is 74.4 Å². The number of nitrogens with two attached hydrogens (primary N) is 2. The lowest BCUT2D eigenvalue weighted by atomic mass is 9.80. The number of ether oxygens (including phenoxy) is 2. The second-order valence-corrected chi connectivity index (χ2v) is 12.2. The molecule has 4 aromatic heterocycles. The third kappa shape index (κ3) is 8.95. The number of H-pyrrole nitrogens is 2. The van der Waals surface area contributed by atoms with Crippen molar-refractivity contribution in [2.75, 3.05) is 73.9 Å². The fourth-order valence-electron chi connectivity index (χ4n) is 5.36. The predicted octanol–water partition coefficient (Wildman–Crippen LogP) is 3.03. The van der Waals surface area contributed by atoms with Crippen LogP contribution in [0, 0.1) is 3.70 Å². The fourth-order valence-corrected chi connectivity index (χ4v) is 5.93. The van der Waals surface area contributed by atoms with Crippen LogP contribution in [0.5, 0.6) is 0 Å². The molecule has 0 saturated carbocycles. The van der Waals surface area contributed by atoms with Crippen LogP contribution in [0.25, 0.3) is 33.3 Å². The number of rotatable bonds is 4. The SMILES string of the molecule is C.Ic1cc2c(N3CCOCC3)ncnc2[nH]1.Nc1ccc(-c2cc3c(N4CCOCC4)ncnc3[nH]2)cc1.Nc1ccc(B(O)O)cc1. The van der Waals surface area contributed by atoms with Crippen LogP contribution in [-0.4, -0.2) is 99.7 Å². The molecule has 2 fully saturated rings. The zero-order valence-electron chi connectivity index (χ0n) is 26.1. The molecule has 0 radical (unpaired) electrons. The zero-order valence-corrected chi connectivity index (χ0v) is 28.2. The molecule has 6 aromatic rings. The minimum Gasteiger partial charge on any atom is -0.423 e. The van der Waals surface area contributed by atoms with Crippen LogP contribution in [0.4, 0.5) is 23.0 Å². The summed E-state index contributed by atoms with van der Waals surface area (Å²) in [6.45, 7) is 6.52. The van der Waals surface area contributed by atoms with E-state index in [4.69, 9.17) is 31.0 Å². The molecule has 8 N–H and O–H groups in total. The van der Waals surface area contributed by atoms with Crippen LogP contribution < -0.4 is 26.7 Å². The Bertz CT molecular complexity index is 1930. The fraction of sp³-hybridized carbons (Fsp3) is 0.273. The van der Waals surface area contributed by atoms with Crippen molar-refractivity contribution >= 4 is 80.2 Å². The van der Waals surface area contributed by atoms with Crippen LogP contribution in [-0.2, 0) is 9.47 Å². The number of nitrogen functional groups attached to an aromatic ring is 2. The Labute approximate surface area is 298 Å². The molecule has 2 aliphatic heterocycles. The van der Waals surface area contributed by atoms with Crippen molar-refractivity contribution in [3.05, 3.63) is 77.0 Å². The first kappa shape index (κ1) is 35.8. The highest BCUT2D eigenvalue weighted by molar-refractivity contribution is 14.1. The lowest BCUT2D eigenvalue weighted by molar-refractivity contribution is 0.122. The summed E-state index contributed by atoms with van der Waals surface area (Å²) in [6, 6.07) is 18.4. The molecule has 2 saturated heterocycles. The maximum atomic E-state index is 8.63. The molecule has 0 unspecified atom stereocenters. The van der Waals surface area contributed by atoms with Gasteiger partial charge in [-0.05, 0) is 70.0 Å². The molecule has 2 aromatic carbocycles. The number of anilines is 4. The van der Waals surface area contributed by atoms with Crippen LogP contribution >= 0.6 is 22.6 Å². The van der Waals surface area contributed by atoms with Crippen molar-refractivity contribution in [3.8, 4) is 11.3 Å². The molecule has 2 aliphatic rings. The summed E-state index contributed by atoms with van der Waals surface area (Å²) in [6.07, 6.45) is 3.22. The molecule has 8 rings (SSSR count). The minimum absolute atomic E-state index is 0. The molecular weight excluding hydrogens is 738 g/mol. The van der Waals surface area contributed by atoms with Crippen molar-refractivity contribution in [1.29, 1.82) is 0 Å². The Kier molecular flexibility index (Phi) is 12.2. The summed E-state index contributed by atoms with van der Waals surface area (Å²) in [5.74, 6) is 1.97. The number of hydrogen-bond donors (Lipinski definition) is 6. The third-order valence-corrected chi connectivity index (χ3v) is 8.44. The highest BCUT2D eigenvalue weighted by Gasteiger charge is 2.18. The number of fused-ring (bicyclic) bond motifs is 2. The van der Waals surface area contributed by atoms with Crippen molar-refractivity contribution in [1.82, 2.24) is 29.9 Å². The van der Waals surface area contributed by atoms with Crippen molar-refractivity contribution in [3.63, 3.8) is 0 Å². The van der Waals surface area contributed by atoms with Gasteiger partial charge < -0.3 is 50.8 Å². The molecule has 256 valence electrons. The highest BCUT2D eigenvalue weighted by atomic mass is 127. The predicted molar refractivity (Wildman–Crippen MR) is 204 cm³/mol. The summed E-state index contributed by atoms with van der Waals surface area (Å²) in [4.78, 5) is 28.5. The summed E-state index contributed by atoms with van der Waals surface area (Å²) >= 11 is 2.25. The van der Waals surface area contributed by atoms with E-state index in [0.29, 0.717) is 11.2 Å². The molecule has 0 atom stereocenters. The normalized spacial score (nSPS) is 14.3. The lowest BCUT2D eigenvalue weighted by Crippen LogP contribution is -2.36. The van der Waals surface area contributed by atoms with E-state index in [1.165, 1.54) is 0 Å². The number of benzene rings is 2. The van der Waals surface area contributed by atoms with Crippen molar-refractivity contribution < 1.29 is 19.5 Å². The number of morpholine rings is 2. The van der Waals surface area contributed by atoms with E-state index in [1.807, 2.05) is 24.3 Å². The maximum absolute atomic E-state index is 8.63. The molecule has 49 heavy (non-hydrogen) atoms. The van der Waals surface area contributed by atoms with Crippen LogP contribution in [0.3, 0.4) is 0 Å². The quantitative estimate of drug-likeness (QED) is 0.0870. The van der Waals surface area contributed by atoms with Gasteiger partial charge in [0.05, 0.1) is 40.9 Å². The first-order chi connectivity index (χ1) is 23.4. The summed E-state index contributed by atoms with van der Waals surface area (Å²) in [5.41, 5.74) is 16.8. The molecule has 0 spiro atoms. The number of aromatic nitrogens is 6. The van der Waals surface area contributed by atoms with Crippen molar-refractivity contribution in [2.45, 2.75) is 7.43 Å². The van der Waals surface area contributed by atoms with Crippen LogP contribution in [0.2, 0.25) is 0 Å². The second-order valence-electron chi connectivity index (χ2n) is 11.1. The number of nitrogens with zero attached hydrogens (tertiary/aromatic N) is 6. The Morgan fingerprint density at radius 2 is 1.14 bits per heavy atom. The molecule has 0 bridgehead atoms. The van der Waals surface area contributed by atoms with E-state index in [0.717, 1.165) is 107 Å². The van der Waals surface area contributed by atoms with Gasteiger partial charge in [0.2, 0.25) is 0 Å². The first-order valence-corrected chi connectivity index (χ1v) is 16.5. The summed E-state index contributed by atoms with van der Waals surface area (Å²) < 4.78 is 11.8.